The molecule has 5 nitrogen and oxygen atoms in total. The maximum Gasteiger partial charge on any atom is 0.348 e. The predicted octanol–water partition coefficient (Wildman–Crippen LogP) is 4.86. The van der Waals surface area contributed by atoms with Crippen LogP contribution >= 0.6 is 22.7 Å². The van der Waals surface area contributed by atoms with Crippen molar-refractivity contribution in [2.45, 2.75) is 27.4 Å². The highest BCUT2D eigenvalue weighted by molar-refractivity contribution is 7.14. The molecule has 2 aromatic heterocycles. The number of carbonyl (C=O) groups is 2. The average Bonchev–Trinajstić information content (AvgIpc) is 3.28. The second-order valence-electron chi connectivity index (χ2n) is 5.80. The second kappa shape index (κ2) is 7.80. The van der Waals surface area contributed by atoms with Crippen molar-refractivity contribution in [3.8, 4) is 0 Å². The van der Waals surface area contributed by atoms with Crippen molar-refractivity contribution in [2.75, 3.05) is 4.90 Å². The monoisotopic (exact) mass is 386 g/mol. The van der Waals surface area contributed by atoms with Gasteiger partial charge in [0.25, 0.3) is 0 Å². The fourth-order valence-electron chi connectivity index (χ4n) is 2.36. The summed E-state index contributed by atoms with van der Waals surface area (Å²) in [4.78, 5) is 30.7. The van der Waals surface area contributed by atoms with E-state index >= 15 is 0 Å². The van der Waals surface area contributed by atoms with Crippen molar-refractivity contribution in [1.82, 2.24) is 4.98 Å². The van der Waals surface area contributed by atoms with E-state index in [-0.39, 0.29) is 18.5 Å². The molecule has 0 aliphatic heterocycles. The minimum absolute atomic E-state index is 0.0753. The largest absolute Gasteiger partial charge is 0.455 e. The van der Waals surface area contributed by atoms with Crippen LogP contribution in [0.25, 0.3) is 0 Å². The summed E-state index contributed by atoms with van der Waals surface area (Å²) < 4.78 is 5.28. The molecule has 7 heteroatoms. The zero-order chi connectivity index (χ0) is 18.7. The molecule has 0 saturated heterocycles. The molecule has 3 aromatic rings. The van der Waals surface area contributed by atoms with E-state index in [0.717, 1.165) is 16.8 Å². The molecule has 0 atom stereocenters. The number of thiophene rings is 1. The first-order valence-electron chi connectivity index (χ1n) is 7.98. The van der Waals surface area contributed by atoms with Gasteiger partial charge in [0, 0.05) is 12.3 Å². The molecule has 0 fully saturated rings. The number of esters is 1. The van der Waals surface area contributed by atoms with Gasteiger partial charge in [0.2, 0.25) is 5.91 Å². The SMILES string of the molecule is CC(=O)N(c1ccc(C)c(C)c1)c1nc(COC(=O)c2cccs2)cs1. The van der Waals surface area contributed by atoms with Gasteiger partial charge in [-0.1, -0.05) is 12.1 Å². The van der Waals surface area contributed by atoms with Crippen LogP contribution in [0.4, 0.5) is 10.8 Å². The third-order valence-corrected chi connectivity index (χ3v) is 5.59. The van der Waals surface area contributed by atoms with E-state index in [9.17, 15) is 9.59 Å². The van der Waals surface area contributed by atoms with Crippen LogP contribution in [0.15, 0.2) is 41.1 Å². The van der Waals surface area contributed by atoms with Crippen LogP contribution in [-0.2, 0) is 16.1 Å². The Hall–Kier alpha value is -2.51. The molecule has 1 amide bonds. The first-order valence-corrected chi connectivity index (χ1v) is 9.74. The number of ether oxygens (including phenoxy) is 1. The highest BCUT2D eigenvalue weighted by Gasteiger charge is 2.19. The molecule has 0 radical (unpaired) electrons. The first kappa shape index (κ1) is 18.3. The van der Waals surface area contributed by atoms with Gasteiger partial charge in [-0.3, -0.25) is 9.69 Å². The molecular weight excluding hydrogens is 368 g/mol. The third-order valence-electron chi connectivity index (χ3n) is 3.87. The second-order valence-corrected chi connectivity index (χ2v) is 7.58. The predicted molar refractivity (Wildman–Crippen MR) is 104 cm³/mol. The number of hydrogen-bond donors (Lipinski definition) is 0. The molecule has 0 saturated carbocycles. The lowest BCUT2D eigenvalue weighted by Crippen LogP contribution is -2.22. The molecule has 0 aliphatic rings. The zero-order valence-corrected chi connectivity index (χ0v) is 16.3. The number of thiazole rings is 1. The van der Waals surface area contributed by atoms with E-state index in [4.69, 9.17) is 4.74 Å². The smallest absolute Gasteiger partial charge is 0.348 e. The molecule has 3 rings (SSSR count). The summed E-state index contributed by atoms with van der Waals surface area (Å²) in [6.07, 6.45) is 0. The number of aromatic nitrogens is 1. The highest BCUT2D eigenvalue weighted by atomic mass is 32.1. The number of carbonyl (C=O) groups excluding carboxylic acids is 2. The van der Waals surface area contributed by atoms with E-state index in [1.54, 1.807) is 22.4 Å². The summed E-state index contributed by atoms with van der Waals surface area (Å²) in [7, 11) is 0. The van der Waals surface area contributed by atoms with Crippen LogP contribution in [0.5, 0.6) is 0 Å². The molecule has 1 aromatic carbocycles. The zero-order valence-electron chi connectivity index (χ0n) is 14.7. The number of nitrogens with zero attached hydrogens (tertiary/aromatic N) is 2. The Kier molecular flexibility index (Phi) is 5.49. The molecule has 2 heterocycles. The van der Waals surface area contributed by atoms with Crippen molar-refractivity contribution in [3.63, 3.8) is 0 Å². The minimum atomic E-state index is -0.368. The quantitative estimate of drug-likeness (QED) is 0.587. The standard InChI is InChI=1S/C19H18N2O3S2/c1-12-6-7-16(9-13(12)2)21(14(3)22)19-20-15(11-26-19)10-24-18(23)17-5-4-8-25-17/h4-9,11H,10H2,1-3H3. The van der Waals surface area contributed by atoms with Gasteiger partial charge in [0.15, 0.2) is 5.13 Å². The van der Waals surface area contributed by atoms with E-state index in [1.165, 1.54) is 29.6 Å². The summed E-state index contributed by atoms with van der Waals surface area (Å²) in [5.74, 6) is -0.489. The van der Waals surface area contributed by atoms with Crippen molar-refractivity contribution in [3.05, 3.63) is 62.8 Å². The molecule has 0 spiro atoms. The summed E-state index contributed by atoms with van der Waals surface area (Å²) >= 11 is 2.68. The lowest BCUT2D eigenvalue weighted by molar-refractivity contribution is -0.115. The Balaban J connectivity index is 1.76. The van der Waals surface area contributed by atoms with Gasteiger partial charge in [-0.05, 0) is 48.6 Å². The van der Waals surface area contributed by atoms with Crippen LogP contribution < -0.4 is 4.90 Å². The normalized spacial score (nSPS) is 10.6. The van der Waals surface area contributed by atoms with Crippen molar-refractivity contribution < 1.29 is 14.3 Å². The Bertz CT molecular complexity index is 932. The maximum absolute atomic E-state index is 12.2. The number of hydrogen-bond acceptors (Lipinski definition) is 6. The van der Waals surface area contributed by atoms with Crippen LogP contribution in [0.3, 0.4) is 0 Å². The Morgan fingerprint density at radius 1 is 1.15 bits per heavy atom. The first-order chi connectivity index (χ1) is 12.5. The topological polar surface area (TPSA) is 59.5 Å². The molecular formula is C19H18N2O3S2. The molecule has 26 heavy (non-hydrogen) atoms. The molecule has 0 unspecified atom stereocenters. The Morgan fingerprint density at radius 2 is 1.96 bits per heavy atom. The minimum Gasteiger partial charge on any atom is -0.455 e. The van der Waals surface area contributed by atoms with Crippen LogP contribution in [0.2, 0.25) is 0 Å². The van der Waals surface area contributed by atoms with Gasteiger partial charge >= 0.3 is 5.97 Å². The van der Waals surface area contributed by atoms with Gasteiger partial charge in [-0.15, -0.1) is 22.7 Å². The maximum atomic E-state index is 12.2. The molecule has 134 valence electrons. The fourth-order valence-corrected chi connectivity index (χ4v) is 3.85. The Morgan fingerprint density at radius 3 is 2.62 bits per heavy atom. The van der Waals surface area contributed by atoms with E-state index in [1.807, 2.05) is 37.4 Å². The Labute approximate surface area is 159 Å². The van der Waals surface area contributed by atoms with Crippen LogP contribution in [-0.4, -0.2) is 16.9 Å². The number of anilines is 2. The highest BCUT2D eigenvalue weighted by Crippen LogP contribution is 2.30. The summed E-state index contributed by atoms with van der Waals surface area (Å²) in [6, 6.07) is 9.38. The fraction of sp³-hybridized carbons (Fsp3) is 0.211. The summed E-state index contributed by atoms with van der Waals surface area (Å²) in [6.45, 7) is 5.62. The van der Waals surface area contributed by atoms with Gasteiger partial charge in [0.1, 0.15) is 11.5 Å². The van der Waals surface area contributed by atoms with E-state index < -0.39 is 0 Å². The summed E-state index contributed by atoms with van der Waals surface area (Å²) in [5, 5.41) is 4.18. The lowest BCUT2D eigenvalue weighted by Gasteiger charge is -2.19. The lowest BCUT2D eigenvalue weighted by atomic mass is 10.1. The van der Waals surface area contributed by atoms with Crippen molar-refractivity contribution in [1.29, 1.82) is 0 Å². The van der Waals surface area contributed by atoms with Gasteiger partial charge in [-0.2, -0.15) is 0 Å². The molecule has 0 N–H and O–H groups in total. The summed E-state index contributed by atoms with van der Waals surface area (Å²) in [5.41, 5.74) is 3.66. The van der Waals surface area contributed by atoms with Crippen molar-refractivity contribution in [2.24, 2.45) is 0 Å². The van der Waals surface area contributed by atoms with Crippen LogP contribution in [0, 0.1) is 13.8 Å². The number of rotatable bonds is 5. The van der Waals surface area contributed by atoms with E-state index in [0.29, 0.717) is 15.7 Å². The average molecular weight is 386 g/mol. The van der Waals surface area contributed by atoms with Gasteiger partial charge < -0.3 is 4.74 Å². The molecule has 0 aliphatic carbocycles. The number of benzene rings is 1. The van der Waals surface area contributed by atoms with Crippen molar-refractivity contribution >= 4 is 45.4 Å². The van der Waals surface area contributed by atoms with Crippen LogP contribution in [0.1, 0.15) is 33.4 Å². The van der Waals surface area contributed by atoms with Gasteiger partial charge in [0.05, 0.1) is 11.4 Å². The number of amides is 1. The molecule has 0 bridgehead atoms. The third kappa shape index (κ3) is 4.00. The van der Waals surface area contributed by atoms with E-state index in [2.05, 4.69) is 4.98 Å². The number of aryl methyl sites for hydroxylation is 2. The van der Waals surface area contributed by atoms with Gasteiger partial charge in [-0.25, -0.2) is 9.78 Å².